The summed E-state index contributed by atoms with van der Waals surface area (Å²) < 4.78 is 0. The monoisotopic (exact) mass is 313 g/mol. The van der Waals surface area contributed by atoms with Crippen molar-refractivity contribution >= 4 is 6.03 Å². The number of nitrogens with zero attached hydrogens (tertiary/aromatic N) is 1. The van der Waals surface area contributed by atoms with Crippen molar-refractivity contribution in [1.82, 2.24) is 15.5 Å². The lowest BCUT2D eigenvalue weighted by atomic mass is 9.87. The molecular formula is C17H35N3O2. The van der Waals surface area contributed by atoms with Crippen LogP contribution in [0.15, 0.2) is 0 Å². The summed E-state index contributed by atoms with van der Waals surface area (Å²) in [4.78, 5) is 14.2. The molecule has 22 heavy (non-hydrogen) atoms. The Morgan fingerprint density at radius 1 is 1.27 bits per heavy atom. The Balaban J connectivity index is 2.14. The Morgan fingerprint density at radius 2 is 1.91 bits per heavy atom. The third-order valence-electron chi connectivity index (χ3n) is 4.52. The number of aliphatic hydroxyl groups excluding tert-OH is 1. The molecule has 3 N–H and O–H groups in total. The third kappa shape index (κ3) is 7.99. The highest BCUT2D eigenvalue weighted by Gasteiger charge is 2.21. The smallest absolute Gasteiger partial charge is 0.314 e. The summed E-state index contributed by atoms with van der Waals surface area (Å²) in [6, 6.07) is 0.569. The van der Waals surface area contributed by atoms with Crippen molar-refractivity contribution in [3.8, 4) is 0 Å². The van der Waals surface area contributed by atoms with E-state index in [1.165, 1.54) is 32.1 Å². The molecule has 1 fully saturated rings. The van der Waals surface area contributed by atoms with E-state index in [-0.39, 0.29) is 17.6 Å². The van der Waals surface area contributed by atoms with Crippen molar-refractivity contribution in [2.45, 2.75) is 71.4 Å². The molecule has 0 spiro atoms. The van der Waals surface area contributed by atoms with E-state index in [4.69, 9.17) is 0 Å². The predicted molar refractivity (Wildman–Crippen MR) is 91.0 cm³/mol. The summed E-state index contributed by atoms with van der Waals surface area (Å²) in [5, 5.41) is 15.3. The van der Waals surface area contributed by atoms with Crippen LogP contribution >= 0.6 is 0 Å². The first kappa shape index (κ1) is 19.2. The number of rotatable bonds is 8. The SMILES string of the molecule is CC(O)CC(C)(C)CNC(=O)NCCN(C)C1CCCCC1. The van der Waals surface area contributed by atoms with Gasteiger partial charge in [0.1, 0.15) is 0 Å². The van der Waals surface area contributed by atoms with Gasteiger partial charge >= 0.3 is 6.03 Å². The first-order valence-electron chi connectivity index (χ1n) is 8.70. The molecule has 1 saturated carbocycles. The average Bonchev–Trinajstić information content (AvgIpc) is 2.45. The van der Waals surface area contributed by atoms with Crippen LogP contribution in [0.1, 0.15) is 59.3 Å². The van der Waals surface area contributed by atoms with E-state index in [0.717, 1.165) is 6.54 Å². The first-order valence-corrected chi connectivity index (χ1v) is 8.70. The van der Waals surface area contributed by atoms with Crippen LogP contribution in [0.25, 0.3) is 0 Å². The van der Waals surface area contributed by atoms with Gasteiger partial charge in [0.05, 0.1) is 6.10 Å². The maximum atomic E-state index is 11.8. The van der Waals surface area contributed by atoms with Gasteiger partial charge in [0.25, 0.3) is 0 Å². The molecule has 130 valence electrons. The van der Waals surface area contributed by atoms with E-state index in [0.29, 0.717) is 25.6 Å². The topological polar surface area (TPSA) is 64.6 Å². The minimum absolute atomic E-state index is 0.0929. The molecule has 0 aromatic heterocycles. The molecule has 1 aliphatic carbocycles. The fourth-order valence-electron chi connectivity index (χ4n) is 3.30. The highest BCUT2D eigenvalue weighted by atomic mass is 16.3. The van der Waals surface area contributed by atoms with E-state index in [9.17, 15) is 9.90 Å². The van der Waals surface area contributed by atoms with Gasteiger partial charge in [-0.2, -0.15) is 0 Å². The third-order valence-corrected chi connectivity index (χ3v) is 4.52. The Morgan fingerprint density at radius 3 is 2.50 bits per heavy atom. The van der Waals surface area contributed by atoms with Gasteiger partial charge < -0.3 is 20.6 Å². The number of hydrogen-bond acceptors (Lipinski definition) is 3. The second-order valence-corrected chi connectivity index (χ2v) is 7.60. The molecule has 5 heteroatoms. The Labute approximate surface area is 135 Å². The van der Waals surface area contributed by atoms with Gasteiger partial charge in [-0.15, -0.1) is 0 Å². The van der Waals surface area contributed by atoms with Crippen molar-refractivity contribution in [1.29, 1.82) is 0 Å². The van der Waals surface area contributed by atoms with Crippen LogP contribution in [0.4, 0.5) is 4.79 Å². The highest BCUT2D eigenvalue weighted by Crippen LogP contribution is 2.21. The maximum absolute atomic E-state index is 11.8. The summed E-state index contributed by atoms with van der Waals surface area (Å²) in [6.07, 6.45) is 6.95. The number of urea groups is 1. The molecular weight excluding hydrogens is 278 g/mol. The van der Waals surface area contributed by atoms with E-state index in [1.54, 1.807) is 6.92 Å². The van der Waals surface area contributed by atoms with E-state index >= 15 is 0 Å². The number of hydrogen-bond donors (Lipinski definition) is 3. The molecule has 0 aliphatic heterocycles. The number of likely N-dealkylation sites (N-methyl/N-ethyl adjacent to an activating group) is 1. The molecule has 0 heterocycles. The second kappa shape index (κ2) is 9.36. The largest absolute Gasteiger partial charge is 0.393 e. The standard InChI is InChI=1S/C17H35N3O2/c1-14(21)12-17(2,3)13-19-16(22)18-10-11-20(4)15-8-6-5-7-9-15/h14-15,21H,5-13H2,1-4H3,(H2,18,19,22). The first-order chi connectivity index (χ1) is 10.3. The normalized spacial score (nSPS) is 18.3. The van der Waals surface area contributed by atoms with E-state index < -0.39 is 0 Å². The minimum atomic E-state index is -0.344. The Hall–Kier alpha value is -0.810. The van der Waals surface area contributed by atoms with Crippen molar-refractivity contribution in [3.05, 3.63) is 0 Å². The second-order valence-electron chi connectivity index (χ2n) is 7.60. The molecule has 2 amide bonds. The molecule has 0 bridgehead atoms. The lowest BCUT2D eigenvalue weighted by Crippen LogP contribution is -2.45. The lowest BCUT2D eigenvalue weighted by molar-refractivity contribution is 0.128. The minimum Gasteiger partial charge on any atom is -0.393 e. The molecule has 0 radical (unpaired) electrons. The Kier molecular flexibility index (Phi) is 8.18. The lowest BCUT2D eigenvalue weighted by Gasteiger charge is -2.31. The number of nitrogens with one attached hydrogen (secondary N) is 2. The van der Waals surface area contributed by atoms with Crippen molar-refractivity contribution < 1.29 is 9.90 Å². The molecule has 0 aromatic carbocycles. The van der Waals surface area contributed by atoms with Gasteiger partial charge in [-0.1, -0.05) is 33.1 Å². The zero-order valence-electron chi connectivity index (χ0n) is 14.8. The number of aliphatic hydroxyl groups is 1. The van der Waals surface area contributed by atoms with E-state index in [2.05, 4.69) is 36.4 Å². The van der Waals surface area contributed by atoms with Crippen molar-refractivity contribution in [2.24, 2.45) is 5.41 Å². The number of amides is 2. The van der Waals surface area contributed by atoms with Gasteiger partial charge in [-0.25, -0.2) is 4.79 Å². The predicted octanol–water partition coefficient (Wildman–Crippen LogP) is 2.35. The summed E-state index contributed by atoms with van der Waals surface area (Å²) in [7, 11) is 2.15. The molecule has 1 rings (SSSR count). The highest BCUT2D eigenvalue weighted by molar-refractivity contribution is 5.73. The zero-order valence-corrected chi connectivity index (χ0v) is 14.8. The Bertz CT molecular complexity index is 326. The zero-order chi connectivity index (χ0) is 16.6. The van der Waals surface area contributed by atoms with Crippen LogP contribution in [-0.4, -0.2) is 54.9 Å². The number of carbonyl (C=O) groups excluding carboxylic acids is 1. The molecule has 0 saturated heterocycles. The number of carbonyl (C=O) groups is 1. The van der Waals surface area contributed by atoms with Crippen molar-refractivity contribution in [3.63, 3.8) is 0 Å². The molecule has 0 aromatic rings. The fourth-order valence-corrected chi connectivity index (χ4v) is 3.30. The average molecular weight is 313 g/mol. The summed E-state index contributed by atoms with van der Waals surface area (Å²) in [5.74, 6) is 0. The van der Waals surface area contributed by atoms with Gasteiger partial charge in [0.15, 0.2) is 0 Å². The molecule has 5 nitrogen and oxygen atoms in total. The van der Waals surface area contributed by atoms with Crippen LogP contribution in [0.3, 0.4) is 0 Å². The molecule has 1 aliphatic rings. The van der Waals surface area contributed by atoms with Crippen LogP contribution in [0.2, 0.25) is 0 Å². The van der Waals surface area contributed by atoms with Crippen LogP contribution in [0, 0.1) is 5.41 Å². The molecule has 1 unspecified atom stereocenters. The maximum Gasteiger partial charge on any atom is 0.314 e. The summed E-state index contributed by atoms with van der Waals surface area (Å²) >= 11 is 0. The van der Waals surface area contributed by atoms with E-state index in [1.807, 2.05) is 0 Å². The fraction of sp³-hybridized carbons (Fsp3) is 0.941. The van der Waals surface area contributed by atoms with Gasteiger partial charge in [-0.3, -0.25) is 0 Å². The van der Waals surface area contributed by atoms with Crippen molar-refractivity contribution in [2.75, 3.05) is 26.7 Å². The van der Waals surface area contributed by atoms with Crippen LogP contribution < -0.4 is 10.6 Å². The van der Waals surface area contributed by atoms with Crippen LogP contribution in [-0.2, 0) is 0 Å². The summed E-state index contributed by atoms with van der Waals surface area (Å²) in [5.41, 5.74) is -0.0929. The quantitative estimate of drug-likeness (QED) is 0.644. The molecule has 1 atom stereocenters. The van der Waals surface area contributed by atoms with Gasteiger partial charge in [0.2, 0.25) is 0 Å². The summed E-state index contributed by atoms with van der Waals surface area (Å²) in [6.45, 7) is 8.03. The van der Waals surface area contributed by atoms with Gasteiger partial charge in [-0.05, 0) is 38.6 Å². The van der Waals surface area contributed by atoms with Crippen LogP contribution in [0.5, 0.6) is 0 Å². The van der Waals surface area contributed by atoms with Gasteiger partial charge in [0, 0.05) is 25.7 Å².